The van der Waals surface area contributed by atoms with E-state index in [0.29, 0.717) is 21.6 Å². The molecule has 1 N–H and O–H groups in total. The molecule has 0 radical (unpaired) electrons. The highest BCUT2D eigenvalue weighted by Crippen LogP contribution is 2.18. The van der Waals surface area contributed by atoms with E-state index in [1.54, 1.807) is 0 Å². The first-order valence-electron chi connectivity index (χ1n) is 6.19. The van der Waals surface area contributed by atoms with E-state index in [1.807, 2.05) is 6.92 Å². The van der Waals surface area contributed by atoms with Crippen LogP contribution in [0.25, 0.3) is 0 Å². The van der Waals surface area contributed by atoms with Crippen LogP contribution in [0.15, 0.2) is 4.34 Å². The molecule has 1 rings (SSSR count). The zero-order valence-electron chi connectivity index (χ0n) is 10.8. The van der Waals surface area contributed by atoms with Crippen molar-refractivity contribution in [3.63, 3.8) is 0 Å². The second-order valence-electron chi connectivity index (χ2n) is 3.89. The Balaban J connectivity index is 2.48. The van der Waals surface area contributed by atoms with Gasteiger partial charge in [-0.15, -0.1) is 5.10 Å². The molecule has 0 aliphatic rings. The lowest BCUT2D eigenvalue weighted by molar-refractivity contribution is 0.0952. The summed E-state index contributed by atoms with van der Waals surface area (Å²) < 4.78 is 12.3. The maximum Gasteiger partial charge on any atom is 0.322 e. The number of amides is 1. The van der Waals surface area contributed by atoms with E-state index in [0.717, 1.165) is 37.0 Å². The van der Waals surface area contributed by atoms with Crippen molar-refractivity contribution >= 4 is 28.4 Å². The summed E-state index contributed by atoms with van der Waals surface area (Å²) in [5.41, 5.74) is 0. The molecule has 1 atom stereocenters. The molecule has 0 bridgehead atoms. The quantitative estimate of drug-likeness (QED) is 0.586. The molecule has 0 saturated heterocycles. The van der Waals surface area contributed by atoms with Gasteiger partial charge in [0.15, 0.2) is 0 Å². The van der Waals surface area contributed by atoms with Gasteiger partial charge in [-0.1, -0.05) is 25.4 Å². The Morgan fingerprint density at radius 3 is 2.78 bits per heavy atom. The predicted molar refractivity (Wildman–Crippen MR) is 73.3 cm³/mol. The van der Waals surface area contributed by atoms with Crippen LogP contribution in [-0.4, -0.2) is 33.0 Å². The number of rotatable bonds is 8. The SMILES string of the molecule is CCCCC[S+]([O-])c1nnc(C(=O)NCCC)s1. The van der Waals surface area contributed by atoms with E-state index in [2.05, 4.69) is 22.4 Å². The molecular weight excluding hydrogens is 270 g/mol. The van der Waals surface area contributed by atoms with Crippen molar-refractivity contribution in [2.75, 3.05) is 12.3 Å². The van der Waals surface area contributed by atoms with Crippen molar-refractivity contribution in [1.82, 2.24) is 15.5 Å². The molecule has 1 heterocycles. The van der Waals surface area contributed by atoms with Gasteiger partial charge < -0.3 is 9.87 Å². The largest absolute Gasteiger partial charge is 0.610 e. The van der Waals surface area contributed by atoms with Crippen LogP contribution >= 0.6 is 11.3 Å². The van der Waals surface area contributed by atoms with E-state index >= 15 is 0 Å². The summed E-state index contributed by atoms with van der Waals surface area (Å²) >= 11 is 0.00173. The van der Waals surface area contributed by atoms with Crippen molar-refractivity contribution in [3.8, 4) is 0 Å². The topological polar surface area (TPSA) is 77.9 Å². The molecule has 1 unspecified atom stereocenters. The molecule has 0 saturated carbocycles. The van der Waals surface area contributed by atoms with E-state index in [9.17, 15) is 9.35 Å². The third-order valence-corrected chi connectivity index (χ3v) is 4.92. The zero-order valence-corrected chi connectivity index (χ0v) is 12.4. The minimum absolute atomic E-state index is 0.230. The normalized spacial score (nSPS) is 12.4. The van der Waals surface area contributed by atoms with Crippen molar-refractivity contribution in [2.45, 2.75) is 43.9 Å². The van der Waals surface area contributed by atoms with Crippen LogP contribution in [0.5, 0.6) is 0 Å². The average molecular weight is 289 g/mol. The second-order valence-corrected chi connectivity index (χ2v) is 6.61. The van der Waals surface area contributed by atoms with E-state index in [-0.39, 0.29) is 5.91 Å². The predicted octanol–water partition coefficient (Wildman–Crippen LogP) is 1.98. The van der Waals surface area contributed by atoms with Crippen LogP contribution in [-0.2, 0) is 11.2 Å². The van der Waals surface area contributed by atoms with Gasteiger partial charge in [-0.2, -0.15) is 0 Å². The van der Waals surface area contributed by atoms with Crippen LogP contribution in [0.1, 0.15) is 49.3 Å². The maximum atomic E-state index is 11.9. The highest BCUT2D eigenvalue weighted by atomic mass is 32.2. The molecule has 1 aromatic heterocycles. The molecule has 1 aromatic rings. The number of nitrogens with zero attached hydrogens (tertiary/aromatic N) is 2. The summed E-state index contributed by atoms with van der Waals surface area (Å²) in [7, 11) is 0. The number of hydrogen-bond donors (Lipinski definition) is 1. The van der Waals surface area contributed by atoms with Crippen molar-refractivity contribution in [3.05, 3.63) is 5.01 Å². The Labute approximate surface area is 115 Å². The van der Waals surface area contributed by atoms with Crippen LogP contribution in [0.4, 0.5) is 0 Å². The lowest BCUT2D eigenvalue weighted by Gasteiger charge is -2.04. The summed E-state index contributed by atoms with van der Waals surface area (Å²) in [6.45, 7) is 4.70. The molecule has 18 heavy (non-hydrogen) atoms. The molecule has 1 amide bonds. The van der Waals surface area contributed by atoms with Crippen molar-refractivity contribution < 1.29 is 9.35 Å². The minimum atomic E-state index is -1.12. The molecule has 0 fully saturated rings. The molecule has 5 nitrogen and oxygen atoms in total. The van der Waals surface area contributed by atoms with Gasteiger partial charge in [0.1, 0.15) is 5.75 Å². The second kappa shape index (κ2) is 8.44. The van der Waals surface area contributed by atoms with Crippen LogP contribution < -0.4 is 5.32 Å². The fourth-order valence-electron chi connectivity index (χ4n) is 1.28. The monoisotopic (exact) mass is 289 g/mol. The number of nitrogens with one attached hydrogen (secondary N) is 1. The first-order chi connectivity index (χ1) is 8.69. The fraction of sp³-hybridized carbons (Fsp3) is 0.727. The average Bonchev–Trinajstić information content (AvgIpc) is 2.85. The standard InChI is InChI=1S/C11H19N3O2S2/c1-3-5-6-8-18(16)11-14-13-10(17-11)9(15)12-7-4-2/h3-8H2,1-2H3,(H,12,15). The first-order valence-corrected chi connectivity index (χ1v) is 8.32. The Kier molecular flexibility index (Phi) is 7.22. The molecule has 0 aliphatic heterocycles. The van der Waals surface area contributed by atoms with Crippen LogP contribution in [0, 0.1) is 0 Å². The first kappa shape index (κ1) is 15.4. The molecule has 0 aromatic carbocycles. The van der Waals surface area contributed by atoms with E-state index in [1.165, 1.54) is 0 Å². The molecular formula is C11H19N3O2S2. The summed E-state index contributed by atoms with van der Waals surface area (Å²) in [6.07, 6.45) is 3.95. The summed E-state index contributed by atoms with van der Waals surface area (Å²) in [4.78, 5) is 11.6. The smallest absolute Gasteiger partial charge is 0.322 e. The number of carbonyl (C=O) groups excluding carboxylic acids is 1. The summed E-state index contributed by atoms with van der Waals surface area (Å²) in [5, 5.41) is 10.6. The lowest BCUT2D eigenvalue weighted by atomic mass is 10.3. The van der Waals surface area contributed by atoms with Crippen molar-refractivity contribution in [2.24, 2.45) is 0 Å². The van der Waals surface area contributed by atoms with Gasteiger partial charge in [-0.3, -0.25) is 4.79 Å². The fourth-order valence-corrected chi connectivity index (χ4v) is 3.40. The van der Waals surface area contributed by atoms with Gasteiger partial charge in [0.25, 0.3) is 5.91 Å². The van der Waals surface area contributed by atoms with Gasteiger partial charge in [-0.25, -0.2) is 0 Å². The number of carbonyl (C=O) groups is 1. The van der Waals surface area contributed by atoms with Gasteiger partial charge in [0.05, 0.1) is 0 Å². The van der Waals surface area contributed by atoms with Crippen LogP contribution in [0.2, 0.25) is 0 Å². The van der Waals surface area contributed by atoms with Gasteiger partial charge in [0.2, 0.25) is 5.01 Å². The zero-order chi connectivity index (χ0) is 13.4. The Hall–Kier alpha value is -0.660. The molecule has 102 valence electrons. The molecule has 0 spiro atoms. The van der Waals surface area contributed by atoms with Crippen molar-refractivity contribution in [1.29, 1.82) is 0 Å². The number of unbranched alkanes of at least 4 members (excludes halogenated alkanes) is 2. The minimum Gasteiger partial charge on any atom is -0.610 e. The number of aromatic nitrogens is 2. The Bertz CT molecular complexity index is 371. The lowest BCUT2D eigenvalue weighted by Crippen LogP contribution is -2.23. The van der Waals surface area contributed by atoms with E-state index < -0.39 is 11.2 Å². The highest BCUT2D eigenvalue weighted by molar-refractivity contribution is 7.93. The summed E-state index contributed by atoms with van der Waals surface area (Å²) in [5.74, 6) is 0.366. The Morgan fingerprint density at radius 1 is 1.33 bits per heavy atom. The highest BCUT2D eigenvalue weighted by Gasteiger charge is 2.20. The molecule has 0 aliphatic carbocycles. The summed E-state index contributed by atoms with van der Waals surface area (Å²) in [6, 6.07) is 0. The van der Waals surface area contributed by atoms with Gasteiger partial charge in [0, 0.05) is 17.7 Å². The van der Waals surface area contributed by atoms with E-state index in [4.69, 9.17) is 0 Å². The third-order valence-electron chi connectivity index (χ3n) is 2.26. The van der Waals surface area contributed by atoms with Gasteiger partial charge in [-0.05, 0) is 30.6 Å². The Morgan fingerprint density at radius 2 is 2.11 bits per heavy atom. The third kappa shape index (κ3) is 4.91. The molecule has 7 heteroatoms. The van der Waals surface area contributed by atoms with Gasteiger partial charge >= 0.3 is 4.34 Å². The number of hydrogen-bond acceptors (Lipinski definition) is 5. The maximum absolute atomic E-state index is 11.9. The van der Waals surface area contributed by atoms with Crippen LogP contribution in [0.3, 0.4) is 0 Å².